The van der Waals surface area contributed by atoms with Gasteiger partial charge in [-0.05, 0) is 24.6 Å². The molecule has 0 saturated heterocycles. The Labute approximate surface area is 115 Å². The molecular formula is C13H15ClN2OS. The molecule has 0 unspecified atom stereocenters. The molecule has 0 fully saturated rings. The first-order chi connectivity index (χ1) is 8.70. The number of hydrogen-bond acceptors (Lipinski definition) is 3. The molecule has 1 aromatic carbocycles. The van der Waals surface area contributed by atoms with Gasteiger partial charge in [0.2, 0.25) is 0 Å². The van der Waals surface area contributed by atoms with Crippen LogP contribution in [0.1, 0.15) is 36.5 Å². The second kappa shape index (κ2) is 6.16. The van der Waals surface area contributed by atoms with Crippen molar-refractivity contribution in [2.45, 2.75) is 26.2 Å². The number of benzene rings is 1. The number of unbranched alkanes of at least 4 members (excludes halogenated alkanes) is 2. The van der Waals surface area contributed by atoms with Gasteiger partial charge in [-0.1, -0.05) is 31.4 Å². The number of fused-ring (bicyclic) bond motifs is 1. The Morgan fingerprint density at radius 2 is 2.28 bits per heavy atom. The minimum Gasteiger partial charge on any atom is -0.352 e. The van der Waals surface area contributed by atoms with E-state index in [-0.39, 0.29) is 5.91 Å². The van der Waals surface area contributed by atoms with Crippen LogP contribution < -0.4 is 5.32 Å². The van der Waals surface area contributed by atoms with Gasteiger partial charge in [0.1, 0.15) is 0 Å². The van der Waals surface area contributed by atoms with E-state index in [4.69, 9.17) is 11.6 Å². The van der Waals surface area contributed by atoms with E-state index in [1.54, 1.807) is 6.07 Å². The van der Waals surface area contributed by atoms with Gasteiger partial charge < -0.3 is 5.32 Å². The Morgan fingerprint density at radius 3 is 3.06 bits per heavy atom. The normalized spacial score (nSPS) is 10.8. The van der Waals surface area contributed by atoms with Gasteiger partial charge in [-0.25, -0.2) is 4.98 Å². The lowest BCUT2D eigenvalue weighted by molar-refractivity contribution is 0.0953. The van der Waals surface area contributed by atoms with E-state index in [0.29, 0.717) is 10.0 Å². The average Bonchev–Trinajstić information content (AvgIpc) is 2.73. The molecule has 1 amide bonds. The zero-order valence-corrected chi connectivity index (χ0v) is 11.8. The van der Waals surface area contributed by atoms with Gasteiger partial charge in [-0.2, -0.15) is 0 Å². The lowest BCUT2D eigenvalue weighted by Crippen LogP contribution is -2.24. The minimum absolute atomic E-state index is 0.0443. The number of hydrogen-bond donors (Lipinski definition) is 1. The summed E-state index contributed by atoms with van der Waals surface area (Å²) in [6.45, 7) is 2.87. The molecule has 96 valence electrons. The van der Waals surface area contributed by atoms with Gasteiger partial charge in [-0.15, -0.1) is 11.3 Å². The predicted octanol–water partition coefficient (Wildman–Crippen LogP) is 3.87. The van der Waals surface area contributed by atoms with Crippen molar-refractivity contribution >= 4 is 39.1 Å². The lowest BCUT2D eigenvalue weighted by atomic mass is 10.2. The summed E-state index contributed by atoms with van der Waals surface area (Å²) < 4.78 is 1.51. The molecule has 18 heavy (non-hydrogen) atoms. The highest BCUT2D eigenvalue weighted by Crippen LogP contribution is 2.26. The van der Waals surface area contributed by atoms with E-state index in [2.05, 4.69) is 17.2 Å². The van der Waals surface area contributed by atoms with E-state index >= 15 is 0 Å². The number of nitrogens with zero attached hydrogens (tertiary/aromatic N) is 1. The highest BCUT2D eigenvalue weighted by Gasteiger charge is 2.08. The molecule has 0 spiro atoms. The smallest absolute Gasteiger partial charge is 0.251 e. The summed E-state index contributed by atoms with van der Waals surface area (Å²) in [5, 5.41) is 2.91. The van der Waals surface area contributed by atoms with Crippen LogP contribution in [0.4, 0.5) is 0 Å². The third-order valence-electron chi connectivity index (χ3n) is 2.69. The number of thiazole rings is 1. The SMILES string of the molecule is CCCCCNC(=O)c1ccc2sc(Cl)nc2c1. The quantitative estimate of drug-likeness (QED) is 0.846. The Hall–Kier alpha value is -1.13. The van der Waals surface area contributed by atoms with Gasteiger partial charge in [0, 0.05) is 12.1 Å². The number of rotatable bonds is 5. The zero-order valence-electron chi connectivity index (χ0n) is 10.2. The highest BCUT2D eigenvalue weighted by atomic mass is 35.5. The number of carbonyl (C=O) groups is 1. The maximum Gasteiger partial charge on any atom is 0.251 e. The molecule has 0 radical (unpaired) electrons. The largest absolute Gasteiger partial charge is 0.352 e. The number of amides is 1. The van der Waals surface area contributed by atoms with Crippen molar-refractivity contribution in [2.24, 2.45) is 0 Å². The number of carbonyl (C=O) groups excluding carboxylic acids is 1. The van der Waals surface area contributed by atoms with Crippen molar-refractivity contribution in [1.29, 1.82) is 0 Å². The van der Waals surface area contributed by atoms with Crippen LogP contribution in [0, 0.1) is 0 Å². The first kappa shape index (κ1) is 13.3. The van der Waals surface area contributed by atoms with Gasteiger partial charge in [0.25, 0.3) is 5.91 Å². The minimum atomic E-state index is -0.0443. The summed E-state index contributed by atoms with van der Waals surface area (Å²) in [7, 11) is 0. The second-order valence-electron chi connectivity index (χ2n) is 4.11. The van der Waals surface area contributed by atoms with Gasteiger partial charge in [0.15, 0.2) is 4.47 Å². The van der Waals surface area contributed by atoms with Crippen molar-refractivity contribution in [3.63, 3.8) is 0 Å². The van der Waals surface area contributed by atoms with Gasteiger partial charge in [0.05, 0.1) is 10.2 Å². The monoisotopic (exact) mass is 282 g/mol. The van der Waals surface area contributed by atoms with Crippen molar-refractivity contribution in [1.82, 2.24) is 10.3 Å². The van der Waals surface area contributed by atoms with E-state index in [9.17, 15) is 4.79 Å². The summed E-state index contributed by atoms with van der Waals surface area (Å²) in [5.41, 5.74) is 1.42. The van der Waals surface area contributed by atoms with Crippen LogP contribution in [0.2, 0.25) is 4.47 Å². The maximum atomic E-state index is 11.9. The molecule has 0 bridgehead atoms. The maximum absolute atomic E-state index is 11.9. The molecule has 5 heteroatoms. The third kappa shape index (κ3) is 3.21. The van der Waals surface area contributed by atoms with Crippen LogP contribution in [0.5, 0.6) is 0 Å². The van der Waals surface area contributed by atoms with Crippen molar-refractivity contribution < 1.29 is 4.79 Å². The van der Waals surface area contributed by atoms with Crippen LogP contribution >= 0.6 is 22.9 Å². The fourth-order valence-corrected chi connectivity index (χ4v) is 2.73. The summed E-state index contributed by atoms with van der Waals surface area (Å²) in [6, 6.07) is 5.48. The molecule has 2 rings (SSSR count). The van der Waals surface area contributed by atoms with Crippen LogP contribution in [0.3, 0.4) is 0 Å². The van der Waals surface area contributed by atoms with E-state index in [0.717, 1.165) is 36.0 Å². The topological polar surface area (TPSA) is 42.0 Å². The Morgan fingerprint density at radius 1 is 1.44 bits per heavy atom. The van der Waals surface area contributed by atoms with Crippen LogP contribution in [0.25, 0.3) is 10.2 Å². The number of aromatic nitrogens is 1. The van der Waals surface area contributed by atoms with E-state index in [1.807, 2.05) is 12.1 Å². The highest BCUT2D eigenvalue weighted by molar-refractivity contribution is 7.22. The molecule has 3 nitrogen and oxygen atoms in total. The fourth-order valence-electron chi connectivity index (χ4n) is 1.72. The van der Waals surface area contributed by atoms with Crippen molar-refractivity contribution in [3.8, 4) is 0 Å². The lowest BCUT2D eigenvalue weighted by Gasteiger charge is -2.04. The molecule has 1 heterocycles. The van der Waals surface area contributed by atoms with E-state index in [1.165, 1.54) is 11.3 Å². The Kier molecular flexibility index (Phi) is 4.55. The summed E-state index contributed by atoms with van der Waals surface area (Å²) in [6.07, 6.45) is 3.31. The summed E-state index contributed by atoms with van der Waals surface area (Å²) in [5.74, 6) is -0.0443. The van der Waals surface area contributed by atoms with E-state index < -0.39 is 0 Å². The van der Waals surface area contributed by atoms with Crippen molar-refractivity contribution in [2.75, 3.05) is 6.54 Å². The van der Waals surface area contributed by atoms with Crippen LogP contribution in [0.15, 0.2) is 18.2 Å². The fraction of sp³-hybridized carbons (Fsp3) is 0.385. The van der Waals surface area contributed by atoms with Crippen LogP contribution in [-0.2, 0) is 0 Å². The zero-order chi connectivity index (χ0) is 13.0. The number of halogens is 1. The number of nitrogens with one attached hydrogen (secondary N) is 1. The first-order valence-corrected chi connectivity index (χ1v) is 7.24. The van der Waals surface area contributed by atoms with Crippen LogP contribution in [-0.4, -0.2) is 17.4 Å². The molecule has 0 atom stereocenters. The molecule has 0 aliphatic rings. The average molecular weight is 283 g/mol. The van der Waals surface area contributed by atoms with Gasteiger partial charge >= 0.3 is 0 Å². The molecule has 2 aromatic rings. The standard InChI is InChI=1S/C13H15ClN2OS/c1-2-3-4-7-15-12(17)9-5-6-11-10(8-9)16-13(14)18-11/h5-6,8H,2-4,7H2,1H3,(H,15,17). The Bertz CT molecular complexity index is 553. The predicted molar refractivity (Wildman–Crippen MR) is 76.5 cm³/mol. The summed E-state index contributed by atoms with van der Waals surface area (Å²) in [4.78, 5) is 16.1. The van der Waals surface area contributed by atoms with Crippen molar-refractivity contribution in [3.05, 3.63) is 28.2 Å². The van der Waals surface area contributed by atoms with Gasteiger partial charge in [-0.3, -0.25) is 4.79 Å². The third-order valence-corrected chi connectivity index (χ3v) is 3.83. The first-order valence-electron chi connectivity index (χ1n) is 6.05. The summed E-state index contributed by atoms with van der Waals surface area (Å²) >= 11 is 7.26. The molecular weight excluding hydrogens is 268 g/mol. The molecule has 1 N–H and O–H groups in total. The molecule has 0 aliphatic carbocycles. The molecule has 0 saturated carbocycles. The second-order valence-corrected chi connectivity index (χ2v) is 5.73. The Balaban J connectivity index is 2.03. The molecule has 0 aliphatic heterocycles. The molecule has 1 aromatic heterocycles.